The van der Waals surface area contributed by atoms with Crippen LogP contribution in [0, 0.1) is 18.8 Å². The Morgan fingerprint density at radius 1 is 1.11 bits per heavy atom. The highest BCUT2D eigenvalue weighted by Gasteiger charge is 2.08. The molecule has 18 heavy (non-hydrogen) atoms. The van der Waals surface area contributed by atoms with Crippen molar-refractivity contribution >= 4 is 5.69 Å². The van der Waals surface area contributed by atoms with E-state index in [1.165, 1.54) is 0 Å². The summed E-state index contributed by atoms with van der Waals surface area (Å²) in [5.74, 6) is 0.243. The van der Waals surface area contributed by atoms with Crippen molar-refractivity contribution < 1.29 is 5.11 Å². The second kappa shape index (κ2) is 5.00. The Labute approximate surface area is 106 Å². The average Bonchev–Trinajstić information content (AvgIpc) is 2.32. The van der Waals surface area contributed by atoms with Gasteiger partial charge in [0.25, 0.3) is 0 Å². The maximum Gasteiger partial charge on any atom is 0.115 e. The number of nitroso groups, excluding NO2 is 1. The minimum Gasteiger partial charge on any atom is -0.508 e. The first-order chi connectivity index (χ1) is 8.60. The second-order valence-electron chi connectivity index (χ2n) is 4.52. The Bertz CT molecular complexity index is 574. The number of phenolic OH excluding ortho intramolecular Hbond substituents is 1. The van der Waals surface area contributed by atoms with Gasteiger partial charge in [-0.15, -0.1) is 4.91 Å². The fraction of sp³-hybridized carbons (Fsp3) is 0.200. The molecule has 2 aromatic carbocycles. The first-order valence-electron chi connectivity index (χ1n) is 5.81. The smallest absolute Gasteiger partial charge is 0.115 e. The van der Waals surface area contributed by atoms with Gasteiger partial charge in [0.15, 0.2) is 0 Å². The Hall–Kier alpha value is -2.16. The predicted octanol–water partition coefficient (Wildman–Crippen LogP) is 4.00. The number of benzene rings is 2. The highest BCUT2D eigenvalue weighted by molar-refractivity contribution is 5.55. The predicted molar refractivity (Wildman–Crippen MR) is 72.3 cm³/mol. The van der Waals surface area contributed by atoms with Crippen LogP contribution in [-0.4, -0.2) is 5.11 Å². The molecule has 0 amide bonds. The molecule has 0 aromatic heterocycles. The summed E-state index contributed by atoms with van der Waals surface area (Å²) in [6.07, 6.45) is 0.643. The lowest BCUT2D eigenvalue weighted by Crippen LogP contribution is -1.92. The van der Waals surface area contributed by atoms with Crippen LogP contribution in [0.2, 0.25) is 0 Å². The van der Waals surface area contributed by atoms with Crippen LogP contribution in [0.4, 0.5) is 5.69 Å². The average molecular weight is 241 g/mol. The molecule has 0 aliphatic heterocycles. The largest absolute Gasteiger partial charge is 0.508 e. The molecule has 92 valence electrons. The molecule has 0 heterocycles. The van der Waals surface area contributed by atoms with Gasteiger partial charge in [0.05, 0.1) is 0 Å². The van der Waals surface area contributed by atoms with E-state index in [1.54, 1.807) is 12.1 Å². The fourth-order valence-electron chi connectivity index (χ4n) is 2.15. The van der Waals surface area contributed by atoms with Gasteiger partial charge >= 0.3 is 0 Å². The molecular formula is C15H15NO2. The highest BCUT2D eigenvalue weighted by atomic mass is 16.3. The van der Waals surface area contributed by atoms with Crippen molar-refractivity contribution in [3.8, 4) is 5.75 Å². The van der Waals surface area contributed by atoms with E-state index in [1.807, 2.05) is 38.1 Å². The molecule has 0 spiro atoms. The van der Waals surface area contributed by atoms with Crippen molar-refractivity contribution in [1.29, 1.82) is 0 Å². The van der Waals surface area contributed by atoms with E-state index < -0.39 is 0 Å². The molecule has 2 rings (SSSR count). The van der Waals surface area contributed by atoms with Gasteiger partial charge in [-0.1, -0.05) is 29.8 Å². The number of phenols is 1. The van der Waals surface area contributed by atoms with Gasteiger partial charge in [-0.25, -0.2) is 0 Å². The summed E-state index contributed by atoms with van der Waals surface area (Å²) in [4.78, 5) is 10.9. The topological polar surface area (TPSA) is 49.7 Å². The summed E-state index contributed by atoms with van der Waals surface area (Å²) in [7, 11) is 0. The van der Waals surface area contributed by atoms with Crippen molar-refractivity contribution in [2.45, 2.75) is 20.3 Å². The summed E-state index contributed by atoms with van der Waals surface area (Å²) in [5.41, 5.74) is 4.51. The lowest BCUT2D eigenvalue weighted by atomic mass is 9.98. The number of rotatable bonds is 3. The summed E-state index contributed by atoms with van der Waals surface area (Å²) in [6.45, 7) is 3.89. The third kappa shape index (κ3) is 2.56. The zero-order valence-electron chi connectivity index (χ0n) is 10.5. The molecule has 3 nitrogen and oxygen atoms in total. The van der Waals surface area contributed by atoms with Gasteiger partial charge in [0, 0.05) is 0 Å². The number of hydrogen-bond acceptors (Lipinski definition) is 3. The normalized spacial score (nSPS) is 10.3. The van der Waals surface area contributed by atoms with Crippen LogP contribution in [0.1, 0.15) is 22.3 Å². The lowest BCUT2D eigenvalue weighted by molar-refractivity contribution is 0.475. The molecule has 0 saturated heterocycles. The minimum atomic E-state index is 0.243. The zero-order chi connectivity index (χ0) is 13.1. The van der Waals surface area contributed by atoms with Crippen LogP contribution < -0.4 is 0 Å². The molecule has 0 aliphatic rings. The SMILES string of the molecule is Cc1cc(C)c(N=O)c(Cc2ccc(O)cc2)c1. The van der Waals surface area contributed by atoms with Crippen molar-refractivity contribution in [3.05, 3.63) is 63.6 Å². The van der Waals surface area contributed by atoms with Gasteiger partial charge in [-0.2, -0.15) is 0 Å². The molecule has 0 saturated carbocycles. The number of hydrogen-bond donors (Lipinski definition) is 1. The molecule has 0 radical (unpaired) electrons. The van der Waals surface area contributed by atoms with Crippen molar-refractivity contribution in [2.24, 2.45) is 5.18 Å². The van der Waals surface area contributed by atoms with Crippen LogP contribution >= 0.6 is 0 Å². The van der Waals surface area contributed by atoms with E-state index in [0.717, 1.165) is 22.3 Å². The molecule has 0 bridgehead atoms. The van der Waals surface area contributed by atoms with E-state index >= 15 is 0 Å². The summed E-state index contributed by atoms with van der Waals surface area (Å²) >= 11 is 0. The Kier molecular flexibility index (Phi) is 3.42. The van der Waals surface area contributed by atoms with E-state index in [2.05, 4.69) is 5.18 Å². The van der Waals surface area contributed by atoms with Crippen molar-refractivity contribution in [2.75, 3.05) is 0 Å². The van der Waals surface area contributed by atoms with Crippen LogP contribution in [0.25, 0.3) is 0 Å². The van der Waals surface area contributed by atoms with E-state index in [0.29, 0.717) is 12.1 Å². The first kappa shape index (κ1) is 12.3. The maximum atomic E-state index is 10.9. The number of aryl methyl sites for hydroxylation is 2. The van der Waals surface area contributed by atoms with Gasteiger partial charge in [-0.05, 0) is 54.3 Å². The highest BCUT2D eigenvalue weighted by Crippen LogP contribution is 2.28. The van der Waals surface area contributed by atoms with Gasteiger partial charge in [0.1, 0.15) is 11.4 Å². The van der Waals surface area contributed by atoms with Crippen LogP contribution in [0.5, 0.6) is 5.75 Å². The minimum absolute atomic E-state index is 0.243. The van der Waals surface area contributed by atoms with Gasteiger partial charge in [-0.3, -0.25) is 0 Å². The maximum absolute atomic E-state index is 10.9. The third-order valence-corrected chi connectivity index (χ3v) is 2.95. The van der Waals surface area contributed by atoms with Gasteiger partial charge in [0.2, 0.25) is 0 Å². The van der Waals surface area contributed by atoms with Gasteiger partial charge < -0.3 is 5.11 Å². The zero-order valence-corrected chi connectivity index (χ0v) is 10.5. The molecular weight excluding hydrogens is 226 g/mol. The monoisotopic (exact) mass is 241 g/mol. The molecule has 0 atom stereocenters. The molecule has 1 N–H and O–H groups in total. The lowest BCUT2D eigenvalue weighted by Gasteiger charge is -2.08. The van der Waals surface area contributed by atoms with E-state index in [-0.39, 0.29) is 5.75 Å². The molecule has 0 fully saturated rings. The fourth-order valence-corrected chi connectivity index (χ4v) is 2.15. The molecule has 2 aromatic rings. The Morgan fingerprint density at radius 3 is 2.39 bits per heavy atom. The summed E-state index contributed by atoms with van der Waals surface area (Å²) in [6, 6.07) is 10.9. The van der Waals surface area contributed by atoms with Crippen LogP contribution in [0.3, 0.4) is 0 Å². The summed E-state index contributed by atoms with van der Waals surface area (Å²) in [5, 5.41) is 12.4. The standard InChI is InChI=1S/C15H15NO2/c1-10-7-11(2)15(16-18)13(8-10)9-12-3-5-14(17)6-4-12/h3-8,17H,9H2,1-2H3. The number of aromatic hydroxyl groups is 1. The van der Waals surface area contributed by atoms with E-state index in [4.69, 9.17) is 0 Å². The van der Waals surface area contributed by atoms with Crippen molar-refractivity contribution in [1.82, 2.24) is 0 Å². The van der Waals surface area contributed by atoms with Crippen LogP contribution in [-0.2, 0) is 6.42 Å². The van der Waals surface area contributed by atoms with Crippen LogP contribution in [0.15, 0.2) is 41.6 Å². The quantitative estimate of drug-likeness (QED) is 0.826. The summed E-state index contributed by atoms with van der Waals surface area (Å²) < 4.78 is 0. The molecule has 3 heteroatoms. The van der Waals surface area contributed by atoms with E-state index in [9.17, 15) is 10.0 Å². The van der Waals surface area contributed by atoms with Crippen molar-refractivity contribution in [3.63, 3.8) is 0 Å². The Balaban J connectivity index is 2.39. The first-order valence-corrected chi connectivity index (χ1v) is 5.81. The molecule has 0 aliphatic carbocycles. The number of nitrogens with zero attached hydrogens (tertiary/aromatic N) is 1. The third-order valence-electron chi connectivity index (χ3n) is 2.95. The Morgan fingerprint density at radius 2 is 1.78 bits per heavy atom. The second-order valence-corrected chi connectivity index (χ2v) is 4.52. The molecule has 0 unspecified atom stereocenters.